The molecule has 5 rings (SSSR count). The summed E-state index contributed by atoms with van der Waals surface area (Å²) < 4.78 is 2.33. The van der Waals surface area contributed by atoms with Gasteiger partial charge >= 0.3 is 5.97 Å². The van der Waals surface area contributed by atoms with Crippen molar-refractivity contribution in [3.8, 4) is 16.9 Å². The zero-order valence-corrected chi connectivity index (χ0v) is 25.8. The van der Waals surface area contributed by atoms with E-state index in [-0.39, 0.29) is 11.2 Å². The van der Waals surface area contributed by atoms with Gasteiger partial charge in [0.15, 0.2) is 0 Å². The van der Waals surface area contributed by atoms with E-state index in [0.29, 0.717) is 12.1 Å². The lowest BCUT2D eigenvalue weighted by Gasteiger charge is -2.23. The van der Waals surface area contributed by atoms with Crippen LogP contribution in [0, 0.1) is 6.92 Å². The quantitative estimate of drug-likeness (QED) is 0.171. The largest absolute Gasteiger partial charge is 0.508 e. The molecule has 0 saturated carbocycles. The zero-order valence-electron chi connectivity index (χ0n) is 24.9. The highest BCUT2D eigenvalue weighted by molar-refractivity contribution is 7.98. The number of fused-ring (bicyclic) bond motifs is 1. The van der Waals surface area contributed by atoms with Crippen LogP contribution in [0.5, 0.6) is 5.75 Å². The molecule has 42 heavy (non-hydrogen) atoms. The maximum atomic E-state index is 12.3. The van der Waals surface area contributed by atoms with Gasteiger partial charge < -0.3 is 14.8 Å². The Balaban J connectivity index is 1.47. The number of aromatic hydroxyl groups is 1. The number of rotatable bonds is 9. The van der Waals surface area contributed by atoms with E-state index in [1.54, 1.807) is 23.9 Å². The van der Waals surface area contributed by atoms with Gasteiger partial charge in [-0.05, 0) is 82.5 Å². The van der Waals surface area contributed by atoms with Gasteiger partial charge in [-0.1, -0.05) is 76.2 Å². The van der Waals surface area contributed by atoms with Gasteiger partial charge in [0.1, 0.15) is 11.6 Å². The lowest BCUT2D eigenvalue weighted by atomic mass is 9.81. The van der Waals surface area contributed by atoms with E-state index in [4.69, 9.17) is 4.98 Å². The van der Waals surface area contributed by atoms with Gasteiger partial charge in [0.05, 0.1) is 16.6 Å². The summed E-state index contributed by atoms with van der Waals surface area (Å²) in [5.41, 5.74) is 8.29. The number of imidazole rings is 1. The molecule has 0 radical (unpaired) electrons. The minimum Gasteiger partial charge on any atom is -0.508 e. The number of nitrogens with zero attached hydrogens (tertiary/aromatic N) is 2. The van der Waals surface area contributed by atoms with Gasteiger partial charge in [0.2, 0.25) is 0 Å². The smallest absolute Gasteiger partial charge is 0.336 e. The molecule has 0 fully saturated rings. The molecule has 0 atom stereocenters. The molecule has 216 valence electrons. The number of aromatic nitrogens is 2. The second kappa shape index (κ2) is 12.1. The topological polar surface area (TPSA) is 75.4 Å². The predicted octanol–water partition coefficient (Wildman–Crippen LogP) is 9.01. The summed E-state index contributed by atoms with van der Waals surface area (Å²) in [4.78, 5) is 18.5. The summed E-state index contributed by atoms with van der Waals surface area (Å²) in [7, 11) is 0. The second-order valence-electron chi connectivity index (χ2n) is 11.9. The Morgan fingerprint density at radius 1 is 0.952 bits per heavy atom. The minimum absolute atomic E-state index is 0.276. The molecule has 0 aliphatic rings. The molecule has 5 nitrogen and oxygen atoms in total. The first-order valence-corrected chi connectivity index (χ1v) is 15.4. The van der Waals surface area contributed by atoms with Crippen LogP contribution in [0.4, 0.5) is 0 Å². The number of carbonyl (C=O) groups is 1. The SMILES string of the molecule is CCCc1nc2c(C)cc(CSc3ccc(O)cc3)cc2n1Cc1ccc(-c2cccc(C(C)(C)C)c2C(=O)O)cc1. The minimum atomic E-state index is -0.900. The zero-order chi connectivity index (χ0) is 30.0. The average Bonchev–Trinajstić information content (AvgIpc) is 3.29. The number of carboxylic acids is 1. The highest BCUT2D eigenvalue weighted by Crippen LogP contribution is 2.34. The first-order chi connectivity index (χ1) is 20.0. The van der Waals surface area contributed by atoms with Crippen molar-refractivity contribution in [2.75, 3.05) is 0 Å². The third-order valence-electron chi connectivity index (χ3n) is 7.59. The Bertz CT molecular complexity index is 1730. The van der Waals surface area contributed by atoms with Crippen LogP contribution in [0.15, 0.2) is 83.8 Å². The van der Waals surface area contributed by atoms with Crippen LogP contribution in [0.3, 0.4) is 0 Å². The fourth-order valence-corrected chi connectivity index (χ4v) is 6.35. The molecule has 0 saturated heterocycles. The lowest BCUT2D eigenvalue weighted by Crippen LogP contribution is -2.17. The standard InChI is InChI=1S/C36H38N2O3S/c1-6-8-32-37-34-23(2)19-25(22-42-28-17-15-27(39)16-18-28)20-31(34)38(32)21-24-11-13-26(14-12-24)29-9-7-10-30(36(3,4)5)33(29)35(40)41/h7,9-20,39H,6,8,21-22H2,1-5H3,(H,40,41). The molecule has 0 aliphatic carbocycles. The van der Waals surface area contributed by atoms with Crippen LogP contribution in [0.25, 0.3) is 22.2 Å². The maximum absolute atomic E-state index is 12.3. The highest BCUT2D eigenvalue weighted by atomic mass is 32.2. The van der Waals surface area contributed by atoms with E-state index in [9.17, 15) is 15.0 Å². The van der Waals surface area contributed by atoms with E-state index >= 15 is 0 Å². The molecular weight excluding hydrogens is 540 g/mol. The summed E-state index contributed by atoms with van der Waals surface area (Å²) in [6.07, 6.45) is 1.90. The average molecular weight is 579 g/mol. The van der Waals surface area contributed by atoms with Crippen molar-refractivity contribution in [1.29, 1.82) is 0 Å². The number of aromatic carboxylic acids is 1. The molecule has 0 amide bonds. The van der Waals surface area contributed by atoms with E-state index in [1.165, 1.54) is 11.1 Å². The van der Waals surface area contributed by atoms with Gasteiger partial charge in [0.25, 0.3) is 0 Å². The van der Waals surface area contributed by atoms with Crippen molar-refractivity contribution in [2.45, 2.75) is 70.1 Å². The van der Waals surface area contributed by atoms with Gasteiger partial charge in [0, 0.05) is 23.6 Å². The highest BCUT2D eigenvalue weighted by Gasteiger charge is 2.24. The van der Waals surface area contributed by atoms with Gasteiger partial charge in [-0.15, -0.1) is 11.8 Å². The Morgan fingerprint density at radius 3 is 2.31 bits per heavy atom. The normalized spacial score (nSPS) is 11.7. The molecule has 0 spiro atoms. The van der Waals surface area contributed by atoms with Crippen LogP contribution in [-0.4, -0.2) is 25.7 Å². The van der Waals surface area contributed by atoms with E-state index in [0.717, 1.165) is 62.6 Å². The molecule has 6 heteroatoms. The molecule has 2 N–H and O–H groups in total. The summed E-state index contributed by atoms with van der Waals surface area (Å²) in [5.74, 6) is 1.28. The van der Waals surface area contributed by atoms with Crippen LogP contribution >= 0.6 is 11.8 Å². The Kier molecular flexibility index (Phi) is 8.46. The molecule has 5 aromatic rings. The predicted molar refractivity (Wildman–Crippen MR) is 173 cm³/mol. The summed E-state index contributed by atoms with van der Waals surface area (Å²) in [5, 5.41) is 19.7. The van der Waals surface area contributed by atoms with Crippen molar-refractivity contribution in [3.05, 3.63) is 113 Å². The summed E-state index contributed by atoms with van der Waals surface area (Å²) in [6.45, 7) is 11.1. The van der Waals surface area contributed by atoms with E-state index < -0.39 is 5.97 Å². The maximum Gasteiger partial charge on any atom is 0.336 e. The van der Waals surface area contributed by atoms with Crippen LogP contribution in [0.1, 0.15) is 72.6 Å². The van der Waals surface area contributed by atoms with Crippen LogP contribution in [-0.2, 0) is 24.1 Å². The lowest BCUT2D eigenvalue weighted by molar-refractivity contribution is 0.0695. The number of thioether (sulfide) groups is 1. The van der Waals surface area contributed by atoms with Crippen molar-refractivity contribution in [1.82, 2.24) is 9.55 Å². The summed E-state index contributed by atoms with van der Waals surface area (Å²) >= 11 is 1.75. The molecule has 0 unspecified atom stereocenters. The van der Waals surface area contributed by atoms with E-state index in [1.807, 2.05) is 63.2 Å². The van der Waals surface area contributed by atoms with Gasteiger partial charge in [-0.25, -0.2) is 9.78 Å². The fourth-order valence-electron chi connectivity index (χ4n) is 5.52. The Morgan fingerprint density at radius 2 is 1.67 bits per heavy atom. The Hall–Kier alpha value is -4.03. The first-order valence-electron chi connectivity index (χ1n) is 14.4. The van der Waals surface area contributed by atoms with Gasteiger partial charge in [-0.2, -0.15) is 0 Å². The molecule has 4 aromatic carbocycles. The Labute approximate surface area is 252 Å². The van der Waals surface area contributed by atoms with Gasteiger partial charge in [-0.3, -0.25) is 0 Å². The second-order valence-corrected chi connectivity index (χ2v) is 13.0. The van der Waals surface area contributed by atoms with Crippen molar-refractivity contribution in [3.63, 3.8) is 0 Å². The molecule has 1 aromatic heterocycles. The van der Waals surface area contributed by atoms with E-state index in [2.05, 4.69) is 42.7 Å². The number of benzene rings is 4. The van der Waals surface area contributed by atoms with Crippen molar-refractivity contribution in [2.24, 2.45) is 0 Å². The molecule has 0 bridgehead atoms. The number of aryl methyl sites for hydroxylation is 2. The monoisotopic (exact) mass is 578 g/mol. The first kappa shape index (κ1) is 29.5. The molecular formula is C36H38N2O3S. The molecule has 0 aliphatic heterocycles. The number of carboxylic acid groups (broad SMARTS) is 1. The number of hydrogen-bond acceptors (Lipinski definition) is 4. The van der Waals surface area contributed by atoms with Crippen LogP contribution in [0.2, 0.25) is 0 Å². The number of hydrogen-bond donors (Lipinski definition) is 2. The third-order valence-corrected chi connectivity index (χ3v) is 8.67. The fraction of sp³-hybridized carbons (Fsp3) is 0.278. The number of phenols is 1. The summed E-state index contributed by atoms with van der Waals surface area (Å²) in [6, 6.07) is 25.8. The number of phenolic OH excluding ortho intramolecular Hbond substituents is 1. The van der Waals surface area contributed by atoms with Crippen LogP contribution < -0.4 is 0 Å². The molecule has 1 heterocycles. The third kappa shape index (κ3) is 6.24. The van der Waals surface area contributed by atoms with Crippen molar-refractivity contribution < 1.29 is 15.0 Å². The van der Waals surface area contributed by atoms with Crippen molar-refractivity contribution >= 4 is 28.8 Å².